The molecule has 2 atom stereocenters. The van der Waals surface area contributed by atoms with E-state index in [9.17, 15) is 8.42 Å². The third kappa shape index (κ3) is 4.86. The predicted molar refractivity (Wildman–Crippen MR) is 76.8 cm³/mol. The molecule has 1 aliphatic heterocycles. The fourth-order valence-electron chi connectivity index (χ4n) is 2.21. The Balaban J connectivity index is 1.91. The van der Waals surface area contributed by atoms with Gasteiger partial charge in [0.1, 0.15) is 0 Å². The number of ether oxygens (including phenoxy) is 1. The molecule has 1 fully saturated rings. The highest BCUT2D eigenvalue weighted by molar-refractivity contribution is 7.85. The van der Waals surface area contributed by atoms with Crippen LogP contribution < -0.4 is 0 Å². The SMILES string of the molecule is C[C@@H]1CO[C@H](COS(C)(=O)=O)CN1Cc1ccccc1. The molecule has 1 saturated heterocycles. The molecule has 0 N–H and O–H groups in total. The number of nitrogens with zero attached hydrogens (tertiary/aromatic N) is 1. The minimum absolute atomic E-state index is 0.0802. The molecule has 20 heavy (non-hydrogen) atoms. The van der Waals surface area contributed by atoms with E-state index in [2.05, 4.69) is 24.0 Å². The molecule has 5 nitrogen and oxygen atoms in total. The lowest BCUT2D eigenvalue weighted by Crippen LogP contribution is -2.49. The average Bonchev–Trinajstić information content (AvgIpc) is 2.40. The van der Waals surface area contributed by atoms with E-state index in [1.165, 1.54) is 5.56 Å². The first-order chi connectivity index (χ1) is 9.44. The van der Waals surface area contributed by atoms with Crippen molar-refractivity contribution in [3.8, 4) is 0 Å². The molecular formula is C14H21NO4S. The Bertz CT molecular complexity index is 517. The molecule has 1 aromatic rings. The minimum Gasteiger partial charge on any atom is -0.373 e. The molecule has 6 heteroatoms. The molecule has 0 aliphatic carbocycles. The Morgan fingerprint density at radius 3 is 2.70 bits per heavy atom. The zero-order valence-electron chi connectivity index (χ0n) is 11.9. The van der Waals surface area contributed by atoms with E-state index >= 15 is 0 Å². The maximum atomic E-state index is 11.0. The van der Waals surface area contributed by atoms with Gasteiger partial charge in [-0.15, -0.1) is 0 Å². The molecule has 0 spiro atoms. The van der Waals surface area contributed by atoms with Gasteiger partial charge in [-0.2, -0.15) is 8.42 Å². The third-order valence-electron chi connectivity index (χ3n) is 3.33. The Morgan fingerprint density at radius 2 is 2.05 bits per heavy atom. The predicted octanol–water partition coefficient (Wildman–Crippen LogP) is 1.25. The van der Waals surface area contributed by atoms with Crippen LogP contribution in [0.1, 0.15) is 12.5 Å². The zero-order valence-corrected chi connectivity index (χ0v) is 12.7. The van der Waals surface area contributed by atoms with Crippen LogP contribution in [0, 0.1) is 0 Å². The van der Waals surface area contributed by atoms with Crippen molar-refractivity contribution in [3.05, 3.63) is 35.9 Å². The molecule has 1 heterocycles. The minimum atomic E-state index is -3.41. The zero-order chi connectivity index (χ0) is 14.6. The highest BCUT2D eigenvalue weighted by Gasteiger charge is 2.27. The van der Waals surface area contributed by atoms with Gasteiger partial charge in [0.25, 0.3) is 10.1 Å². The topological polar surface area (TPSA) is 55.8 Å². The van der Waals surface area contributed by atoms with E-state index in [-0.39, 0.29) is 12.7 Å². The van der Waals surface area contributed by atoms with Gasteiger partial charge in [0, 0.05) is 19.1 Å². The number of hydrogen-bond acceptors (Lipinski definition) is 5. The summed E-state index contributed by atoms with van der Waals surface area (Å²) in [5.41, 5.74) is 1.24. The van der Waals surface area contributed by atoms with Crippen molar-refractivity contribution in [2.45, 2.75) is 25.6 Å². The molecule has 0 amide bonds. The first kappa shape index (κ1) is 15.4. The number of rotatable bonds is 5. The van der Waals surface area contributed by atoms with E-state index in [4.69, 9.17) is 8.92 Å². The molecular weight excluding hydrogens is 278 g/mol. The normalized spacial score (nSPS) is 24.7. The van der Waals surface area contributed by atoms with E-state index in [1.807, 2.05) is 18.2 Å². The molecule has 0 aromatic heterocycles. The maximum Gasteiger partial charge on any atom is 0.264 e. The van der Waals surface area contributed by atoms with Gasteiger partial charge in [-0.05, 0) is 12.5 Å². The standard InChI is InChI=1S/C14H21NO4S/c1-12-10-18-14(11-19-20(2,16)17)9-15(12)8-13-6-4-3-5-7-13/h3-7,12,14H,8-11H2,1-2H3/t12-,14+/m1/s1. The first-order valence-corrected chi connectivity index (χ1v) is 8.49. The van der Waals surface area contributed by atoms with Crippen LogP contribution in [0.4, 0.5) is 0 Å². The summed E-state index contributed by atoms with van der Waals surface area (Å²) in [5, 5.41) is 0. The van der Waals surface area contributed by atoms with Gasteiger partial charge in [-0.3, -0.25) is 9.08 Å². The summed E-state index contributed by atoms with van der Waals surface area (Å²) < 4.78 is 32.5. The van der Waals surface area contributed by atoms with Crippen LogP contribution in [0.3, 0.4) is 0 Å². The Kier molecular flexibility index (Phi) is 5.15. The van der Waals surface area contributed by atoms with Gasteiger partial charge in [0.15, 0.2) is 0 Å². The maximum absolute atomic E-state index is 11.0. The highest BCUT2D eigenvalue weighted by Crippen LogP contribution is 2.16. The molecule has 1 aliphatic rings. The second-order valence-electron chi connectivity index (χ2n) is 5.21. The Hall–Kier alpha value is -0.950. The third-order valence-corrected chi connectivity index (χ3v) is 3.90. The number of benzene rings is 1. The second kappa shape index (κ2) is 6.67. The summed E-state index contributed by atoms with van der Waals surface area (Å²) in [7, 11) is -3.41. The van der Waals surface area contributed by atoms with E-state index in [0.717, 1.165) is 12.8 Å². The second-order valence-corrected chi connectivity index (χ2v) is 6.85. The van der Waals surface area contributed by atoms with Crippen molar-refractivity contribution < 1.29 is 17.3 Å². The van der Waals surface area contributed by atoms with Gasteiger partial charge < -0.3 is 4.74 Å². The van der Waals surface area contributed by atoms with Gasteiger partial charge in [-0.1, -0.05) is 30.3 Å². The van der Waals surface area contributed by atoms with Crippen molar-refractivity contribution in [1.29, 1.82) is 0 Å². The van der Waals surface area contributed by atoms with Crippen LogP contribution in [0.2, 0.25) is 0 Å². The van der Waals surface area contributed by atoms with Crippen LogP contribution in [-0.2, 0) is 25.6 Å². The van der Waals surface area contributed by atoms with Gasteiger partial charge in [0.05, 0.1) is 25.6 Å². The summed E-state index contributed by atoms with van der Waals surface area (Å²) in [6.07, 6.45) is 0.852. The summed E-state index contributed by atoms with van der Waals surface area (Å²) in [6.45, 7) is 4.28. The molecule has 0 saturated carbocycles. The molecule has 0 unspecified atom stereocenters. The Labute approximate surface area is 120 Å². The fourth-order valence-corrected chi connectivity index (χ4v) is 2.61. The first-order valence-electron chi connectivity index (χ1n) is 6.68. The largest absolute Gasteiger partial charge is 0.373 e. The summed E-state index contributed by atoms with van der Waals surface area (Å²) >= 11 is 0. The lowest BCUT2D eigenvalue weighted by atomic mass is 10.1. The van der Waals surface area contributed by atoms with Crippen LogP contribution in [-0.4, -0.2) is 51.5 Å². The van der Waals surface area contributed by atoms with Crippen molar-refractivity contribution >= 4 is 10.1 Å². The quantitative estimate of drug-likeness (QED) is 0.766. The molecule has 112 valence electrons. The van der Waals surface area contributed by atoms with Crippen LogP contribution in [0.25, 0.3) is 0 Å². The summed E-state index contributed by atoms with van der Waals surface area (Å²) in [6, 6.07) is 10.5. The molecule has 1 aromatic carbocycles. The lowest BCUT2D eigenvalue weighted by molar-refractivity contribution is -0.0758. The number of morpholine rings is 1. The van der Waals surface area contributed by atoms with E-state index in [0.29, 0.717) is 19.2 Å². The molecule has 0 bridgehead atoms. The van der Waals surface area contributed by atoms with Crippen molar-refractivity contribution in [2.75, 3.05) is 26.0 Å². The average molecular weight is 299 g/mol. The van der Waals surface area contributed by atoms with Gasteiger partial charge in [0.2, 0.25) is 0 Å². The van der Waals surface area contributed by atoms with Crippen LogP contribution >= 0.6 is 0 Å². The van der Waals surface area contributed by atoms with Crippen LogP contribution in [0.5, 0.6) is 0 Å². The van der Waals surface area contributed by atoms with Crippen molar-refractivity contribution in [2.24, 2.45) is 0 Å². The lowest BCUT2D eigenvalue weighted by Gasteiger charge is -2.37. The molecule has 2 rings (SSSR count). The van der Waals surface area contributed by atoms with E-state index < -0.39 is 10.1 Å². The Morgan fingerprint density at radius 1 is 1.35 bits per heavy atom. The summed E-state index contributed by atoms with van der Waals surface area (Å²) in [4.78, 5) is 2.29. The molecule has 0 radical (unpaired) electrons. The van der Waals surface area contributed by atoms with Crippen molar-refractivity contribution in [1.82, 2.24) is 4.90 Å². The van der Waals surface area contributed by atoms with Gasteiger partial charge >= 0.3 is 0 Å². The fraction of sp³-hybridized carbons (Fsp3) is 0.571. The van der Waals surface area contributed by atoms with Crippen LogP contribution in [0.15, 0.2) is 30.3 Å². The van der Waals surface area contributed by atoms with Crippen molar-refractivity contribution in [3.63, 3.8) is 0 Å². The number of hydrogen-bond donors (Lipinski definition) is 0. The summed E-state index contributed by atoms with van der Waals surface area (Å²) in [5.74, 6) is 0. The van der Waals surface area contributed by atoms with E-state index in [1.54, 1.807) is 0 Å². The van der Waals surface area contributed by atoms with Gasteiger partial charge in [-0.25, -0.2) is 0 Å². The highest BCUT2D eigenvalue weighted by atomic mass is 32.2. The monoisotopic (exact) mass is 299 g/mol. The smallest absolute Gasteiger partial charge is 0.264 e.